The minimum atomic E-state index is -0.300. The third-order valence-electron chi connectivity index (χ3n) is 3.45. The van der Waals surface area contributed by atoms with Crippen LogP contribution in [-0.2, 0) is 11.2 Å². The van der Waals surface area contributed by atoms with Crippen LogP contribution < -0.4 is 4.74 Å². The number of ether oxygens (including phenoxy) is 1. The molecule has 0 fully saturated rings. The van der Waals surface area contributed by atoms with Gasteiger partial charge in [0.1, 0.15) is 11.5 Å². The van der Waals surface area contributed by atoms with Gasteiger partial charge in [-0.1, -0.05) is 29.8 Å². The first kappa shape index (κ1) is 15.1. The number of esters is 1. The summed E-state index contributed by atoms with van der Waals surface area (Å²) in [6.45, 7) is 7.56. The van der Waals surface area contributed by atoms with Gasteiger partial charge < -0.3 is 9.84 Å². The molecule has 0 unspecified atom stereocenters. The smallest absolute Gasteiger partial charge is 0.315 e. The van der Waals surface area contributed by atoms with Gasteiger partial charge in [0.2, 0.25) is 0 Å². The molecule has 0 saturated carbocycles. The molecule has 0 heterocycles. The third-order valence-corrected chi connectivity index (χ3v) is 3.45. The third kappa shape index (κ3) is 3.63. The van der Waals surface area contributed by atoms with Gasteiger partial charge in [-0.15, -0.1) is 0 Å². The Morgan fingerprint density at radius 1 is 1.00 bits per heavy atom. The van der Waals surface area contributed by atoms with Crippen molar-refractivity contribution in [1.82, 2.24) is 0 Å². The van der Waals surface area contributed by atoms with Gasteiger partial charge in [0.15, 0.2) is 0 Å². The number of rotatable bonds is 3. The van der Waals surface area contributed by atoms with Gasteiger partial charge in [-0.25, -0.2) is 0 Å². The molecule has 110 valence electrons. The molecule has 0 aliphatic rings. The van der Waals surface area contributed by atoms with E-state index in [9.17, 15) is 9.90 Å². The lowest BCUT2D eigenvalue weighted by Crippen LogP contribution is -2.12. The average molecular weight is 284 g/mol. The molecule has 0 spiro atoms. The molecule has 0 aliphatic carbocycles. The van der Waals surface area contributed by atoms with E-state index in [4.69, 9.17) is 4.74 Å². The van der Waals surface area contributed by atoms with Crippen molar-refractivity contribution in [2.45, 2.75) is 34.1 Å². The van der Waals surface area contributed by atoms with Crippen LogP contribution in [-0.4, -0.2) is 11.1 Å². The number of phenols is 1. The van der Waals surface area contributed by atoms with E-state index in [-0.39, 0.29) is 18.1 Å². The number of hydrogen-bond donors (Lipinski definition) is 1. The van der Waals surface area contributed by atoms with Crippen molar-refractivity contribution in [3.05, 3.63) is 58.1 Å². The van der Waals surface area contributed by atoms with Crippen molar-refractivity contribution in [1.29, 1.82) is 0 Å². The molecule has 0 radical (unpaired) electrons. The van der Waals surface area contributed by atoms with E-state index >= 15 is 0 Å². The predicted molar refractivity (Wildman–Crippen MR) is 82.8 cm³/mol. The molecule has 2 rings (SSSR count). The summed E-state index contributed by atoms with van der Waals surface area (Å²) < 4.78 is 5.41. The van der Waals surface area contributed by atoms with Crippen LogP contribution in [0.4, 0.5) is 0 Å². The highest BCUT2D eigenvalue weighted by Crippen LogP contribution is 2.24. The van der Waals surface area contributed by atoms with E-state index < -0.39 is 0 Å². The summed E-state index contributed by atoms with van der Waals surface area (Å²) in [6.07, 6.45) is 0.190. The Balaban J connectivity index is 2.12. The second-order valence-corrected chi connectivity index (χ2v) is 5.50. The molecule has 0 atom stereocenters. The lowest BCUT2D eigenvalue weighted by Gasteiger charge is -2.10. The average Bonchev–Trinajstić information content (AvgIpc) is 2.39. The highest BCUT2D eigenvalue weighted by molar-refractivity contribution is 5.75. The fraction of sp³-hybridized carbons (Fsp3) is 0.278. The summed E-state index contributed by atoms with van der Waals surface area (Å²) in [6, 6.07) is 9.34. The SMILES string of the molecule is Cc1ccc(OC(=O)Cc2cc(C)c(O)c(C)c2)c(C)c1. The molecule has 1 N–H and O–H groups in total. The van der Waals surface area contributed by atoms with Crippen molar-refractivity contribution >= 4 is 5.97 Å². The second-order valence-electron chi connectivity index (χ2n) is 5.50. The van der Waals surface area contributed by atoms with Crippen LogP contribution in [0.3, 0.4) is 0 Å². The molecule has 0 aromatic heterocycles. The Hall–Kier alpha value is -2.29. The minimum absolute atomic E-state index is 0.190. The predicted octanol–water partition coefficient (Wildman–Crippen LogP) is 3.77. The van der Waals surface area contributed by atoms with Gasteiger partial charge in [-0.3, -0.25) is 4.79 Å². The monoisotopic (exact) mass is 284 g/mol. The number of carbonyl (C=O) groups excluding carboxylic acids is 1. The molecule has 0 aliphatic heterocycles. The fourth-order valence-electron chi connectivity index (χ4n) is 2.39. The Morgan fingerprint density at radius 3 is 2.19 bits per heavy atom. The lowest BCUT2D eigenvalue weighted by atomic mass is 10.0. The Labute approximate surface area is 125 Å². The summed E-state index contributed by atoms with van der Waals surface area (Å²) >= 11 is 0. The van der Waals surface area contributed by atoms with E-state index in [1.807, 2.05) is 58.0 Å². The molecule has 21 heavy (non-hydrogen) atoms. The van der Waals surface area contributed by atoms with Gasteiger partial charge in [0.05, 0.1) is 6.42 Å². The normalized spacial score (nSPS) is 10.5. The van der Waals surface area contributed by atoms with Gasteiger partial charge in [0, 0.05) is 0 Å². The van der Waals surface area contributed by atoms with E-state index in [0.29, 0.717) is 5.75 Å². The van der Waals surface area contributed by atoms with Crippen LogP contribution in [0, 0.1) is 27.7 Å². The Kier molecular flexibility index (Phi) is 4.32. The van der Waals surface area contributed by atoms with Crippen molar-refractivity contribution in [2.24, 2.45) is 0 Å². The number of aromatic hydroxyl groups is 1. The largest absolute Gasteiger partial charge is 0.507 e. The molecule has 2 aromatic carbocycles. The quantitative estimate of drug-likeness (QED) is 0.689. The zero-order valence-electron chi connectivity index (χ0n) is 12.9. The first-order chi connectivity index (χ1) is 9.86. The molecule has 0 bridgehead atoms. The van der Waals surface area contributed by atoms with Crippen molar-refractivity contribution in [3.8, 4) is 11.5 Å². The number of benzene rings is 2. The Morgan fingerprint density at radius 2 is 1.62 bits per heavy atom. The summed E-state index contributed by atoms with van der Waals surface area (Å²) in [5, 5.41) is 9.75. The molecular weight excluding hydrogens is 264 g/mol. The lowest BCUT2D eigenvalue weighted by molar-refractivity contribution is -0.133. The fourth-order valence-corrected chi connectivity index (χ4v) is 2.39. The van der Waals surface area contributed by atoms with Crippen LogP contribution in [0.2, 0.25) is 0 Å². The molecule has 0 saturated heterocycles. The number of hydrogen-bond acceptors (Lipinski definition) is 3. The maximum Gasteiger partial charge on any atom is 0.315 e. The van der Waals surface area contributed by atoms with Crippen LogP contribution >= 0.6 is 0 Å². The standard InChI is InChI=1S/C18H20O3/c1-11-5-6-16(12(2)7-11)21-17(19)10-15-8-13(3)18(20)14(4)9-15/h5-9,20H,10H2,1-4H3. The zero-order chi connectivity index (χ0) is 15.6. The molecule has 3 nitrogen and oxygen atoms in total. The summed E-state index contributed by atoms with van der Waals surface area (Å²) in [5.74, 6) is 0.575. The van der Waals surface area contributed by atoms with Crippen LogP contribution in [0.25, 0.3) is 0 Å². The number of carbonyl (C=O) groups is 1. The molecular formula is C18H20O3. The summed E-state index contributed by atoms with van der Waals surface area (Å²) in [4.78, 5) is 12.0. The first-order valence-electron chi connectivity index (χ1n) is 6.94. The van der Waals surface area contributed by atoms with E-state index in [1.165, 1.54) is 0 Å². The number of aryl methyl sites for hydroxylation is 4. The van der Waals surface area contributed by atoms with Crippen LogP contribution in [0.15, 0.2) is 30.3 Å². The maximum absolute atomic E-state index is 12.0. The van der Waals surface area contributed by atoms with E-state index in [2.05, 4.69) is 0 Å². The number of phenolic OH excluding ortho intramolecular Hbond substituents is 1. The van der Waals surface area contributed by atoms with Crippen molar-refractivity contribution in [3.63, 3.8) is 0 Å². The van der Waals surface area contributed by atoms with Gasteiger partial charge in [0.25, 0.3) is 0 Å². The summed E-state index contributed by atoms with van der Waals surface area (Å²) in [5.41, 5.74) is 4.46. The van der Waals surface area contributed by atoms with Crippen molar-refractivity contribution < 1.29 is 14.6 Å². The van der Waals surface area contributed by atoms with Gasteiger partial charge in [-0.2, -0.15) is 0 Å². The zero-order valence-corrected chi connectivity index (χ0v) is 12.9. The van der Waals surface area contributed by atoms with E-state index in [0.717, 1.165) is 27.8 Å². The Bertz CT molecular complexity index is 664. The highest BCUT2D eigenvalue weighted by atomic mass is 16.5. The van der Waals surface area contributed by atoms with Crippen molar-refractivity contribution in [2.75, 3.05) is 0 Å². The maximum atomic E-state index is 12.0. The van der Waals surface area contributed by atoms with Gasteiger partial charge in [-0.05, 0) is 56.0 Å². The summed E-state index contributed by atoms with van der Waals surface area (Å²) in [7, 11) is 0. The molecule has 3 heteroatoms. The molecule has 0 amide bonds. The van der Waals surface area contributed by atoms with Crippen LogP contribution in [0.5, 0.6) is 11.5 Å². The van der Waals surface area contributed by atoms with E-state index in [1.54, 1.807) is 0 Å². The highest BCUT2D eigenvalue weighted by Gasteiger charge is 2.11. The first-order valence-corrected chi connectivity index (χ1v) is 6.94. The molecule has 2 aromatic rings. The minimum Gasteiger partial charge on any atom is -0.507 e. The topological polar surface area (TPSA) is 46.5 Å². The van der Waals surface area contributed by atoms with Gasteiger partial charge >= 0.3 is 5.97 Å². The second kappa shape index (κ2) is 6.00. The van der Waals surface area contributed by atoms with Crippen LogP contribution in [0.1, 0.15) is 27.8 Å².